The second-order valence-corrected chi connectivity index (χ2v) is 12.2. The van der Waals surface area contributed by atoms with E-state index in [2.05, 4.69) is 53.0 Å². The third-order valence-electron chi connectivity index (χ3n) is 3.77. The molecule has 18 heavy (non-hydrogen) atoms. The minimum Gasteiger partial charge on any atom is -0.414 e. The molecule has 0 atom stereocenters. The summed E-state index contributed by atoms with van der Waals surface area (Å²) in [6, 6.07) is 1.30. The van der Waals surface area contributed by atoms with Crippen molar-refractivity contribution in [1.82, 2.24) is 5.32 Å². The highest BCUT2D eigenvalue weighted by Gasteiger charge is 2.40. The molecule has 1 fully saturated rings. The lowest BCUT2D eigenvalue weighted by Crippen LogP contribution is -2.60. The van der Waals surface area contributed by atoms with E-state index in [1.165, 1.54) is 18.9 Å². The largest absolute Gasteiger partial charge is 0.414 e. The lowest BCUT2D eigenvalue weighted by atomic mass is 9.81. The third kappa shape index (κ3) is 5.41. The van der Waals surface area contributed by atoms with Gasteiger partial charge in [-0.3, -0.25) is 0 Å². The summed E-state index contributed by atoms with van der Waals surface area (Å²) in [5, 5.41) is 3.73. The van der Waals surface area contributed by atoms with Gasteiger partial charge in [-0.05, 0) is 59.7 Å². The van der Waals surface area contributed by atoms with Crippen LogP contribution in [0.1, 0.15) is 60.3 Å². The van der Waals surface area contributed by atoms with Crippen LogP contribution in [0.3, 0.4) is 0 Å². The molecule has 0 aliphatic carbocycles. The highest BCUT2D eigenvalue weighted by Crippen LogP contribution is 2.32. The molecule has 1 N–H and O–H groups in total. The summed E-state index contributed by atoms with van der Waals surface area (Å²) in [5.74, 6) is 0. The van der Waals surface area contributed by atoms with E-state index in [0.717, 1.165) is 12.8 Å². The third-order valence-corrected chi connectivity index (χ3v) is 6.30. The van der Waals surface area contributed by atoms with Crippen LogP contribution >= 0.6 is 0 Å². The molecule has 2 nitrogen and oxygen atoms in total. The van der Waals surface area contributed by atoms with E-state index in [4.69, 9.17) is 4.43 Å². The van der Waals surface area contributed by atoms with Gasteiger partial charge in [0.2, 0.25) is 0 Å². The molecule has 1 aliphatic rings. The number of hydrogen-bond donors (Lipinski definition) is 1. The van der Waals surface area contributed by atoms with Crippen molar-refractivity contribution in [2.24, 2.45) is 0 Å². The number of hydrogen-bond acceptors (Lipinski definition) is 2. The van der Waals surface area contributed by atoms with E-state index in [0.29, 0.717) is 6.10 Å². The molecule has 0 radical (unpaired) electrons. The standard InChI is InChI=1S/C15H33NOSi/c1-8-9-10-18(6,7)17-13-11-14(2,3)16-15(4,5)12-13/h13,16H,8-12H2,1-7H3. The van der Waals surface area contributed by atoms with Gasteiger partial charge in [0.05, 0.1) is 0 Å². The topological polar surface area (TPSA) is 21.3 Å². The molecule has 0 bridgehead atoms. The van der Waals surface area contributed by atoms with E-state index < -0.39 is 8.32 Å². The van der Waals surface area contributed by atoms with E-state index in [1.54, 1.807) is 0 Å². The first kappa shape index (κ1) is 16.2. The van der Waals surface area contributed by atoms with Gasteiger partial charge >= 0.3 is 0 Å². The molecule has 108 valence electrons. The average molecular weight is 272 g/mol. The second kappa shape index (κ2) is 5.64. The highest BCUT2D eigenvalue weighted by molar-refractivity contribution is 6.71. The van der Waals surface area contributed by atoms with Gasteiger partial charge in [0.15, 0.2) is 8.32 Å². The van der Waals surface area contributed by atoms with Crippen LogP contribution in [0.4, 0.5) is 0 Å². The Balaban J connectivity index is 2.61. The highest BCUT2D eigenvalue weighted by atomic mass is 28.4. The monoisotopic (exact) mass is 271 g/mol. The molecule has 0 amide bonds. The van der Waals surface area contributed by atoms with Crippen LogP contribution in [0.5, 0.6) is 0 Å². The predicted molar refractivity (Wildman–Crippen MR) is 82.6 cm³/mol. The van der Waals surface area contributed by atoms with E-state index in [9.17, 15) is 0 Å². The van der Waals surface area contributed by atoms with Crippen LogP contribution in [-0.2, 0) is 4.43 Å². The lowest BCUT2D eigenvalue weighted by molar-refractivity contribution is 0.0502. The van der Waals surface area contributed by atoms with E-state index >= 15 is 0 Å². The van der Waals surface area contributed by atoms with E-state index in [-0.39, 0.29) is 11.1 Å². The Kier molecular flexibility index (Phi) is 5.07. The fourth-order valence-electron chi connectivity index (χ4n) is 3.42. The zero-order chi connectivity index (χ0) is 14.0. The zero-order valence-electron chi connectivity index (χ0n) is 13.5. The fourth-order valence-corrected chi connectivity index (χ4v) is 5.82. The minimum absolute atomic E-state index is 0.196. The van der Waals surface area contributed by atoms with Crippen LogP contribution in [0.15, 0.2) is 0 Å². The first-order valence-electron chi connectivity index (χ1n) is 7.52. The number of rotatable bonds is 5. The summed E-state index contributed by atoms with van der Waals surface area (Å²) < 4.78 is 6.55. The molecule has 1 heterocycles. The van der Waals surface area contributed by atoms with Gasteiger partial charge in [0.1, 0.15) is 0 Å². The van der Waals surface area contributed by atoms with Gasteiger partial charge in [-0.25, -0.2) is 0 Å². The summed E-state index contributed by atoms with van der Waals surface area (Å²) in [4.78, 5) is 0. The summed E-state index contributed by atoms with van der Waals surface area (Å²) in [5.41, 5.74) is 0.392. The van der Waals surface area contributed by atoms with Crippen LogP contribution < -0.4 is 5.32 Å². The minimum atomic E-state index is -1.46. The summed E-state index contributed by atoms with van der Waals surface area (Å²) in [7, 11) is -1.46. The number of piperidine rings is 1. The van der Waals surface area contributed by atoms with Crippen molar-refractivity contribution in [2.75, 3.05) is 0 Å². The molecule has 0 aromatic carbocycles. The Morgan fingerprint density at radius 3 is 2.06 bits per heavy atom. The SMILES string of the molecule is CCCC[Si](C)(C)OC1CC(C)(C)NC(C)(C)C1. The van der Waals surface area contributed by atoms with Gasteiger partial charge in [-0.15, -0.1) is 0 Å². The molecule has 3 heteroatoms. The molecule has 0 saturated carbocycles. The molecule has 0 aromatic heterocycles. The van der Waals surface area contributed by atoms with Crippen molar-refractivity contribution < 1.29 is 4.43 Å². The predicted octanol–water partition coefficient (Wildman–Crippen LogP) is 4.32. The maximum absolute atomic E-state index is 6.55. The van der Waals surface area contributed by atoms with Crippen molar-refractivity contribution in [1.29, 1.82) is 0 Å². The molecule has 0 unspecified atom stereocenters. The molecular formula is C15H33NOSi. The Hall–Kier alpha value is 0.137. The fraction of sp³-hybridized carbons (Fsp3) is 1.00. The summed E-state index contributed by atoms with van der Waals surface area (Å²) in [6.07, 6.45) is 5.31. The van der Waals surface area contributed by atoms with Gasteiger partial charge < -0.3 is 9.74 Å². The molecule has 0 spiro atoms. The molecule has 1 saturated heterocycles. The van der Waals surface area contributed by atoms with Gasteiger partial charge in [0, 0.05) is 17.2 Å². The molecule has 1 rings (SSSR count). The summed E-state index contributed by atoms with van der Waals surface area (Å²) in [6.45, 7) is 16.2. The van der Waals surface area contributed by atoms with Crippen molar-refractivity contribution in [3.63, 3.8) is 0 Å². The average Bonchev–Trinajstić information content (AvgIpc) is 2.08. The second-order valence-electron chi connectivity index (χ2n) is 7.90. The van der Waals surface area contributed by atoms with Gasteiger partial charge in [-0.1, -0.05) is 19.8 Å². The van der Waals surface area contributed by atoms with Gasteiger partial charge in [0.25, 0.3) is 0 Å². The quantitative estimate of drug-likeness (QED) is 0.752. The van der Waals surface area contributed by atoms with Crippen molar-refractivity contribution >= 4 is 8.32 Å². The molecular weight excluding hydrogens is 238 g/mol. The Bertz CT molecular complexity index is 258. The van der Waals surface area contributed by atoms with Gasteiger partial charge in [-0.2, -0.15) is 0 Å². The molecule has 0 aromatic rings. The maximum atomic E-state index is 6.55. The van der Waals surface area contributed by atoms with Crippen LogP contribution in [0.25, 0.3) is 0 Å². The lowest BCUT2D eigenvalue weighted by Gasteiger charge is -2.48. The first-order chi connectivity index (χ1) is 8.05. The number of unbranched alkanes of at least 4 members (excludes halogenated alkanes) is 1. The van der Waals surface area contributed by atoms with Crippen molar-refractivity contribution in [3.8, 4) is 0 Å². The Morgan fingerprint density at radius 2 is 1.61 bits per heavy atom. The van der Waals surface area contributed by atoms with Crippen LogP contribution in [-0.4, -0.2) is 25.5 Å². The van der Waals surface area contributed by atoms with Crippen LogP contribution in [0.2, 0.25) is 19.1 Å². The van der Waals surface area contributed by atoms with Crippen LogP contribution in [0, 0.1) is 0 Å². The first-order valence-corrected chi connectivity index (χ1v) is 10.6. The van der Waals surface area contributed by atoms with Crippen molar-refractivity contribution in [2.45, 2.75) is 96.6 Å². The number of nitrogens with one attached hydrogen (secondary N) is 1. The molecule has 1 aliphatic heterocycles. The Labute approximate surface area is 115 Å². The van der Waals surface area contributed by atoms with E-state index in [1.807, 2.05) is 0 Å². The Morgan fingerprint density at radius 1 is 1.11 bits per heavy atom. The normalized spacial score (nSPS) is 24.2. The summed E-state index contributed by atoms with van der Waals surface area (Å²) >= 11 is 0. The maximum Gasteiger partial charge on any atom is 0.187 e. The van der Waals surface area contributed by atoms with Crippen molar-refractivity contribution in [3.05, 3.63) is 0 Å². The smallest absolute Gasteiger partial charge is 0.187 e. The zero-order valence-corrected chi connectivity index (χ0v) is 14.5.